The molecule has 0 N–H and O–H groups in total. The molecule has 1 aromatic heterocycles. The zero-order valence-corrected chi connectivity index (χ0v) is 17.9. The second kappa shape index (κ2) is 7.72. The molecule has 0 radical (unpaired) electrons. The fraction of sp³-hybridized carbons (Fsp3) is 0.375. The van der Waals surface area contributed by atoms with Gasteiger partial charge in [-0.15, -0.1) is 0 Å². The predicted molar refractivity (Wildman–Crippen MR) is 119 cm³/mol. The lowest BCUT2D eigenvalue weighted by Gasteiger charge is -2.58. The molecule has 7 heteroatoms. The Labute approximate surface area is 181 Å². The fourth-order valence-electron chi connectivity index (χ4n) is 4.92. The van der Waals surface area contributed by atoms with Gasteiger partial charge in [0.2, 0.25) is 0 Å². The van der Waals surface area contributed by atoms with Gasteiger partial charge in [0.15, 0.2) is 0 Å². The molecular weight excluding hydrogens is 392 g/mol. The minimum Gasteiger partial charge on any atom is -0.497 e. The number of nitrogens with zero attached hydrogens (tertiary/aromatic N) is 4. The first kappa shape index (κ1) is 19.6. The molecule has 3 heterocycles. The molecule has 2 fully saturated rings. The fourth-order valence-corrected chi connectivity index (χ4v) is 4.92. The third kappa shape index (κ3) is 3.34. The van der Waals surface area contributed by atoms with Gasteiger partial charge in [-0.05, 0) is 55.7 Å². The zero-order valence-electron chi connectivity index (χ0n) is 17.9. The number of hydrogen-bond donors (Lipinski definition) is 0. The summed E-state index contributed by atoms with van der Waals surface area (Å²) in [5, 5.41) is 0. The number of amides is 1. The van der Waals surface area contributed by atoms with Crippen molar-refractivity contribution in [3.05, 3.63) is 54.4 Å². The van der Waals surface area contributed by atoms with Gasteiger partial charge in [0.1, 0.15) is 11.5 Å². The van der Waals surface area contributed by atoms with E-state index in [9.17, 15) is 4.79 Å². The van der Waals surface area contributed by atoms with E-state index in [-0.39, 0.29) is 11.4 Å². The van der Waals surface area contributed by atoms with E-state index in [2.05, 4.69) is 27.0 Å². The Kier molecular flexibility index (Phi) is 4.88. The number of carbonyl (C=O) groups excluding carboxylic acids is 1. The zero-order chi connectivity index (χ0) is 21.4. The van der Waals surface area contributed by atoms with Gasteiger partial charge in [-0.3, -0.25) is 14.8 Å². The molecule has 0 bridgehead atoms. The highest BCUT2D eigenvalue weighted by molar-refractivity contribution is 5.97. The van der Waals surface area contributed by atoms with E-state index in [0.29, 0.717) is 23.6 Å². The van der Waals surface area contributed by atoms with Crippen LogP contribution in [-0.2, 0) is 0 Å². The van der Waals surface area contributed by atoms with Gasteiger partial charge in [0.25, 0.3) is 5.91 Å². The molecule has 2 aromatic carbocycles. The number of carbonyl (C=O) groups is 1. The molecule has 5 rings (SSSR count). The van der Waals surface area contributed by atoms with Crippen LogP contribution in [0, 0.1) is 0 Å². The first-order valence-corrected chi connectivity index (χ1v) is 10.6. The first-order valence-electron chi connectivity index (χ1n) is 10.6. The van der Waals surface area contributed by atoms with E-state index in [0.717, 1.165) is 49.1 Å². The normalized spacial score (nSPS) is 20.6. The highest BCUT2D eigenvalue weighted by atomic mass is 16.5. The number of ether oxygens (including phenoxy) is 2. The Balaban J connectivity index is 1.41. The van der Waals surface area contributed by atoms with Gasteiger partial charge in [0, 0.05) is 37.7 Å². The van der Waals surface area contributed by atoms with Crippen molar-refractivity contribution in [3.63, 3.8) is 0 Å². The number of piperidine rings is 1. The number of rotatable bonds is 4. The van der Waals surface area contributed by atoms with Crippen molar-refractivity contribution in [1.29, 1.82) is 0 Å². The van der Waals surface area contributed by atoms with Gasteiger partial charge in [-0.25, -0.2) is 0 Å². The molecule has 2 aliphatic heterocycles. The number of likely N-dealkylation sites (tertiary alicyclic amines) is 1. The maximum absolute atomic E-state index is 13.4. The number of anilines is 1. The Hall–Kier alpha value is -3.35. The predicted octanol–water partition coefficient (Wildman–Crippen LogP) is 3.53. The van der Waals surface area contributed by atoms with Crippen LogP contribution < -0.4 is 14.4 Å². The van der Waals surface area contributed by atoms with Gasteiger partial charge in [-0.1, -0.05) is 0 Å². The lowest BCUT2D eigenvalue weighted by atomic mass is 9.77. The smallest absolute Gasteiger partial charge is 0.257 e. The number of aromatic nitrogens is 2. The Bertz CT molecular complexity index is 1130. The van der Waals surface area contributed by atoms with Crippen LogP contribution in [-0.4, -0.2) is 60.2 Å². The highest BCUT2D eigenvalue weighted by Crippen LogP contribution is 2.43. The quantitative estimate of drug-likeness (QED) is 0.646. The summed E-state index contributed by atoms with van der Waals surface area (Å²) in [6.07, 6.45) is 6.56. The Morgan fingerprint density at radius 1 is 0.968 bits per heavy atom. The molecule has 0 aliphatic carbocycles. The summed E-state index contributed by atoms with van der Waals surface area (Å²) in [4.78, 5) is 26.7. The van der Waals surface area contributed by atoms with Crippen LogP contribution in [0.15, 0.2) is 48.8 Å². The molecule has 1 amide bonds. The highest BCUT2D eigenvalue weighted by Gasteiger charge is 2.48. The van der Waals surface area contributed by atoms with E-state index in [1.807, 2.05) is 17.0 Å². The third-order valence-electron chi connectivity index (χ3n) is 6.62. The van der Waals surface area contributed by atoms with Crippen LogP contribution in [0.5, 0.6) is 11.5 Å². The largest absolute Gasteiger partial charge is 0.497 e. The summed E-state index contributed by atoms with van der Waals surface area (Å²) in [5.74, 6) is 1.22. The second-order valence-electron chi connectivity index (χ2n) is 8.25. The monoisotopic (exact) mass is 418 g/mol. The third-order valence-corrected chi connectivity index (χ3v) is 6.62. The van der Waals surface area contributed by atoms with Gasteiger partial charge in [0.05, 0.1) is 36.4 Å². The summed E-state index contributed by atoms with van der Waals surface area (Å²) in [6.45, 7) is 2.43. The SMILES string of the molecule is COc1ccc(OC)c(C(=O)N2CCC[C@@]3(CCN3c3ccc4nccnc4c3)C2)c1. The van der Waals surface area contributed by atoms with Crippen molar-refractivity contribution in [2.75, 3.05) is 38.8 Å². The van der Waals surface area contributed by atoms with Crippen molar-refractivity contribution in [2.45, 2.75) is 24.8 Å². The van der Waals surface area contributed by atoms with Crippen LogP contribution >= 0.6 is 0 Å². The summed E-state index contributed by atoms with van der Waals surface area (Å²) in [6, 6.07) is 11.6. The average molecular weight is 418 g/mol. The van der Waals surface area contributed by atoms with Crippen LogP contribution in [0.25, 0.3) is 11.0 Å². The van der Waals surface area contributed by atoms with Gasteiger partial charge >= 0.3 is 0 Å². The molecule has 1 spiro atoms. The number of benzene rings is 2. The molecule has 7 nitrogen and oxygen atoms in total. The van der Waals surface area contributed by atoms with Crippen molar-refractivity contribution < 1.29 is 14.3 Å². The molecule has 160 valence electrons. The van der Waals surface area contributed by atoms with E-state index in [1.165, 1.54) is 0 Å². The van der Waals surface area contributed by atoms with Crippen molar-refractivity contribution in [1.82, 2.24) is 14.9 Å². The minimum absolute atomic E-state index is 0.00828. The van der Waals surface area contributed by atoms with Crippen molar-refractivity contribution >= 4 is 22.6 Å². The van der Waals surface area contributed by atoms with Gasteiger partial charge in [-0.2, -0.15) is 0 Å². The van der Waals surface area contributed by atoms with E-state index < -0.39 is 0 Å². The van der Waals surface area contributed by atoms with E-state index in [1.54, 1.807) is 38.7 Å². The summed E-state index contributed by atoms with van der Waals surface area (Å²) < 4.78 is 10.8. The molecule has 2 saturated heterocycles. The topological polar surface area (TPSA) is 67.8 Å². The molecule has 1 atom stereocenters. The molecule has 3 aromatic rings. The van der Waals surface area contributed by atoms with Crippen LogP contribution in [0.1, 0.15) is 29.6 Å². The summed E-state index contributed by atoms with van der Waals surface area (Å²) in [5.41, 5.74) is 3.45. The summed E-state index contributed by atoms with van der Waals surface area (Å²) in [7, 11) is 3.19. The maximum Gasteiger partial charge on any atom is 0.257 e. The van der Waals surface area contributed by atoms with Gasteiger partial charge < -0.3 is 19.3 Å². The van der Waals surface area contributed by atoms with E-state index >= 15 is 0 Å². The first-order chi connectivity index (χ1) is 15.1. The van der Waals surface area contributed by atoms with Crippen molar-refractivity contribution in [2.24, 2.45) is 0 Å². The molecule has 0 saturated carbocycles. The molecule has 2 aliphatic rings. The molecular formula is C24H26N4O3. The number of fused-ring (bicyclic) bond motifs is 1. The lowest BCUT2D eigenvalue weighted by molar-refractivity contribution is 0.0560. The van der Waals surface area contributed by atoms with E-state index in [4.69, 9.17) is 9.47 Å². The number of methoxy groups -OCH3 is 2. The van der Waals surface area contributed by atoms with Crippen LogP contribution in [0.3, 0.4) is 0 Å². The summed E-state index contributed by atoms with van der Waals surface area (Å²) >= 11 is 0. The maximum atomic E-state index is 13.4. The molecule has 0 unspecified atom stereocenters. The minimum atomic E-state index is -0.0318. The Morgan fingerprint density at radius 2 is 1.81 bits per heavy atom. The standard InChI is InChI=1S/C24H26N4O3/c1-30-18-5-7-22(31-2)19(15-18)23(29)27-12-3-8-24(16-27)9-13-28(24)17-4-6-20-21(14-17)26-11-10-25-20/h4-7,10-11,14-15H,3,8-9,12-13,16H2,1-2H3/t24-/m1/s1. The number of hydrogen-bond acceptors (Lipinski definition) is 6. The van der Waals surface area contributed by atoms with Crippen molar-refractivity contribution in [3.8, 4) is 11.5 Å². The average Bonchev–Trinajstić information content (AvgIpc) is 2.82. The molecule has 31 heavy (non-hydrogen) atoms. The second-order valence-corrected chi connectivity index (χ2v) is 8.25. The van der Waals surface area contributed by atoms with Crippen LogP contribution in [0.4, 0.5) is 5.69 Å². The lowest BCUT2D eigenvalue weighted by Crippen LogP contribution is -2.68. The Morgan fingerprint density at radius 3 is 2.55 bits per heavy atom. The van der Waals surface area contributed by atoms with Crippen LogP contribution in [0.2, 0.25) is 0 Å².